The molecule has 3 heteroatoms. The molecular weight excluding hydrogens is 188 g/mol. The van der Waals surface area contributed by atoms with Gasteiger partial charge in [-0.25, -0.2) is 0 Å². The summed E-state index contributed by atoms with van der Waals surface area (Å²) in [5.74, 6) is 1.78. The topological polar surface area (TPSA) is 38.5 Å². The van der Waals surface area contributed by atoms with Gasteiger partial charge < -0.3 is 10.5 Å². The molecule has 0 radical (unpaired) electrons. The minimum Gasteiger partial charge on any atom is -0.380 e. The van der Waals surface area contributed by atoms with Crippen molar-refractivity contribution in [1.29, 1.82) is 0 Å². The van der Waals surface area contributed by atoms with Crippen LogP contribution in [0, 0.1) is 11.8 Å². The molecule has 1 aliphatic carbocycles. The van der Waals surface area contributed by atoms with E-state index >= 15 is 0 Å². The van der Waals surface area contributed by atoms with Crippen LogP contribution in [0.25, 0.3) is 0 Å². The summed E-state index contributed by atoms with van der Waals surface area (Å²) in [4.78, 5) is 2.37. The van der Waals surface area contributed by atoms with Crippen LogP contribution < -0.4 is 5.73 Å². The Kier molecular flexibility index (Phi) is 4.56. The molecule has 1 rings (SSSR count). The number of hydrogen-bond donors (Lipinski definition) is 1. The van der Waals surface area contributed by atoms with Gasteiger partial charge in [-0.1, -0.05) is 6.92 Å². The van der Waals surface area contributed by atoms with Crippen molar-refractivity contribution < 1.29 is 4.74 Å². The van der Waals surface area contributed by atoms with E-state index in [1.807, 2.05) is 6.92 Å². The Bertz CT molecular complexity index is 198. The lowest BCUT2D eigenvalue weighted by molar-refractivity contribution is 0.0214. The first kappa shape index (κ1) is 12.9. The second kappa shape index (κ2) is 5.28. The van der Waals surface area contributed by atoms with Gasteiger partial charge in [0.1, 0.15) is 0 Å². The Balaban J connectivity index is 2.40. The fraction of sp³-hybridized carbons (Fsp3) is 1.00. The Hall–Kier alpha value is -0.120. The molecular formula is C12H26N2O. The lowest BCUT2D eigenvalue weighted by Gasteiger charge is -2.38. The quantitative estimate of drug-likeness (QED) is 0.695. The maximum Gasteiger partial charge on any atom is 0.0659 e. The van der Waals surface area contributed by atoms with E-state index in [1.165, 1.54) is 6.42 Å². The zero-order valence-electron chi connectivity index (χ0n) is 10.6. The predicted octanol–water partition coefficient (Wildman–Crippen LogP) is 1.33. The molecule has 0 spiro atoms. The molecule has 0 saturated heterocycles. The van der Waals surface area contributed by atoms with Gasteiger partial charge >= 0.3 is 0 Å². The molecule has 90 valence electrons. The van der Waals surface area contributed by atoms with E-state index in [1.54, 1.807) is 0 Å². The first-order valence-electron chi connectivity index (χ1n) is 6.02. The van der Waals surface area contributed by atoms with Gasteiger partial charge in [0.2, 0.25) is 0 Å². The molecule has 1 fully saturated rings. The summed E-state index contributed by atoms with van der Waals surface area (Å²) in [6.07, 6.45) is 1.37. The van der Waals surface area contributed by atoms with Gasteiger partial charge in [0.25, 0.3) is 0 Å². The van der Waals surface area contributed by atoms with Gasteiger partial charge in [-0.2, -0.15) is 0 Å². The van der Waals surface area contributed by atoms with Crippen LogP contribution in [-0.2, 0) is 4.74 Å². The molecule has 2 N–H and O–H groups in total. The zero-order valence-corrected chi connectivity index (χ0v) is 10.6. The molecule has 0 aromatic heterocycles. The first-order chi connectivity index (χ1) is 7.03. The first-order valence-corrected chi connectivity index (χ1v) is 6.02. The second-order valence-electron chi connectivity index (χ2n) is 5.19. The van der Waals surface area contributed by atoms with E-state index in [0.717, 1.165) is 31.6 Å². The van der Waals surface area contributed by atoms with E-state index in [9.17, 15) is 0 Å². The second-order valence-corrected chi connectivity index (χ2v) is 5.19. The average molecular weight is 214 g/mol. The molecule has 3 unspecified atom stereocenters. The highest BCUT2D eigenvalue weighted by Gasteiger charge is 2.37. The lowest BCUT2D eigenvalue weighted by atomic mass is 10.0. The summed E-state index contributed by atoms with van der Waals surface area (Å²) in [5, 5.41) is 0. The summed E-state index contributed by atoms with van der Waals surface area (Å²) in [5.41, 5.74) is 5.86. The molecule has 0 aromatic rings. The summed E-state index contributed by atoms with van der Waals surface area (Å²) in [6.45, 7) is 9.85. The Morgan fingerprint density at radius 1 is 1.53 bits per heavy atom. The number of rotatable bonds is 7. The third-order valence-corrected chi connectivity index (χ3v) is 3.76. The minimum absolute atomic E-state index is 0.00167. The van der Waals surface area contributed by atoms with E-state index in [-0.39, 0.29) is 5.54 Å². The Labute approximate surface area is 94.0 Å². The van der Waals surface area contributed by atoms with Crippen molar-refractivity contribution in [2.75, 3.05) is 33.4 Å². The van der Waals surface area contributed by atoms with Gasteiger partial charge in [0.15, 0.2) is 0 Å². The van der Waals surface area contributed by atoms with Gasteiger partial charge in [0.05, 0.1) is 12.1 Å². The van der Waals surface area contributed by atoms with Crippen LogP contribution in [0.4, 0.5) is 0 Å². The van der Waals surface area contributed by atoms with Crippen LogP contribution in [0.1, 0.15) is 27.2 Å². The lowest BCUT2D eigenvalue weighted by Crippen LogP contribution is -2.53. The molecule has 0 aliphatic heterocycles. The highest BCUT2D eigenvalue weighted by Crippen LogP contribution is 2.38. The minimum atomic E-state index is -0.00167. The van der Waals surface area contributed by atoms with Crippen molar-refractivity contribution >= 4 is 0 Å². The van der Waals surface area contributed by atoms with Gasteiger partial charge in [-0.05, 0) is 39.2 Å². The summed E-state index contributed by atoms with van der Waals surface area (Å²) < 4.78 is 5.52. The van der Waals surface area contributed by atoms with Crippen LogP contribution in [0.2, 0.25) is 0 Å². The van der Waals surface area contributed by atoms with Crippen molar-refractivity contribution in [1.82, 2.24) is 4.90 Å². The largest absolute Gasteiger partial charge is 0.380 e. The third-order valence-electron chi connectivity index (χ3n) is 3.76. The normalized spacial score (nSPS) is 29.2. The monoisotopic (exact) mass is 214 g/mol. The van der Waals surface area contributed by atoms with E-state index in [0.29, 0.717) is 6.54 Å². The van der Waals surface area contributed by atoms with Crippen molar-refractivity contribution in [2.45, 2.75) is 32.7 Å². The molecule has 3 nitrogen and oxygen atoms in total. The molecule has 0 aromatic carbocycles. The molecule has 1 aliphatic rings. The van der Waals surface area contributed by atoms with E-state index < -0.39 is 0 Å². The highest BCUT2D eigenvalue weighted by molar-refractivity contribution is 4.91. The van der Waals surface area contributed by atoms with Crippen LogP contribution in [0.5, 0.6) is 0 Å². The maximum absolute atomic E-state index is 5.86. The average Bonchev–Trinajstić information content (AvgIpc) is 2.90. The summed E-state index contributed by atoms with van der Waals surface area (Å²) in [6, 6.07) is 0. The number of hydrogen-bond acceptors (Lipinski definition) is 3. The Morgan fingerprint density at radius 3 is 2.53 bits per heavy atom. The molecule has 15 heavy (non-hydrogen) atoms. The zero-order chi connectivity index (χ0) is 11.5. The Morgan fingerprint density at radius 2 is 2.13 bits per heavy atom. The number of likely N-dealkylation sites (N-methyl/N-ethyl adjacent to an activating group) is 1. The van der Waals surface area contributed by atoms with Crippen molar-refractivity contribution in [3.8, 4) is 0 Å². The fourth-order valence-electron chi connectivity index (χ4n) is 1.87. The maximum atomic E-state index is 5.86. The molecule has 0 amide bonds. The van der Waals surface area contributed by atoms with Crippen LogP contribution in [0.15, 0.2) is 0 Å². The molecule has 0 heterocycles. The molecule has 0 bridgehead atoms. The predicted molar refractivity (Wildman–Crippen MR) is 63.9 cm³/mol. The number of nitrogens with zero attached hydrogens (tertiary/aromatic N) is 1. The van der Waals surface area contributed by atoms with Gasteiger partial charge in [0, 0.05) is 19.7 Å². The summed E-state index contributed by atoms with van der Waals surface area (Å²) in [7, 11) is 2.16. The SMILES string of the molecule is CCOCC(C)(CN)N(C)CC1CC1C. The van der Waals surface area contributed by atoms with Crippen LogP contribution in [0.3, 0.4) is 0 Å². The van der Waals surface area contributed by atoms with E-state index in [4.69, 9.17) is 10.5 Å². The smallest absolute Gasteiger partial charge is 0.0659 e. The molecule has 1 saturated carbocycles. The van der Waals surface area contributed by atoms with Gasteiger partial charge in [-0.3, -0.25) is 4.90 Å². The number of nitrogens with two attached hydrogens (primary N) is 1. The number of ether oxygens (including phenoxy) is 1. The standard InChI is InChI=1S/C12H26N2O/c1-5-15-9-12(3,8-13)14(4)7-11-6-10(11)2/h10-11H,5-9,13H2,1-4H3. The van der Waals surface area contributed by atoms with Crippen molar-refractivity contribution in [2.24, 2.45) is 17.6 Å². The van der Waals surface area contributed by atoms with Gasteiger partial charge in [-0.15, -0.1) is 0 Å². The van der Waals surface area contributed by atoms with Crippen molar-refractivity contribution in [3.05, 3.63) is 0 Å². The summed E-state index contributed by atoms with van der Waals surface area (Å²) >= 11 is 0. The fourth-order valence-corrected chi connectivity index (χ4v) is 1.87. The third kappa shape index (κ3) is 3.44. The van der Waals surface area contributed by atoms with E-state index in [2.05, 4.69) is 25.8 Å². The van der Waals surface area contributed by atoms with Crippen LogP contribution in [-0.4, -0.2) is 43.8 Å². The van der Waals surface area contributed by atoms with Crippen LogP contribution >= 0.6 is 0 Å². The molecule has 3 atom stereocenters. The van der Waals surface area contributed by atoms with Crippen molar-refractivity contribution in [3.63, 3.8) is 0 Å². The highest BCUT2D eigenvalue weighted by atomic mass is 16.5.